The number of thiazole rings is 1. The van der Waals surface area contributed by atoms with E-state index >= 15 is 0 Å². The number of benzene rings is 1. The first-order valence-electron chi connectivity index (χ1n) is 5.57. The van der Waals surface area contributed by atoms with Crippen LogP contribution in [0.2, 0.25) is 0 Å². The first-order valence-corrected chi connectivity index (χ1v) is 6.45. The van der Waals surface area contributed by atoms with Gasteiger partial charge in [0.15, 0.2) is 0 Å². The standard InChI is InChI=1S/C13H14FNO2S/c14-11-4-2-1-3-10(11)13(8-16,9-17)7-12-15-5-6-18-12/h1-6,16-17H,7-9H2. The molecule has 0 spiro atoms. The van der Waals surface area contributed by atoms with Crippen LogP contribution in [0.15, 0.2) is 35.8 Å². The molecule has 0 aliphatic rings. The fourth-order valence-corrected chi connectivity index (χ4v) is 2.71. The maximum absolute atomic E-state index is 13.8. The van der Waals surface area contributed by atoms with Crippen LogP contribution in [0.1, 0.15) is 10.6 Å². The second-order valence-electron chi connectivity index (χ2n) is 4.18. The molecule has 0 unspecified atom stereocenters. The molecular weight excluding hydrogens is 253 g/mol. The molecule has 18 heavy (non-hydrogen) atoms. The van der Waals surface area contributed by atoms with Gasteiger partial charge in [-0.1, -0.05) is 18.2 Å². The third-order valence-corrected chi connectivity index (χ3v) is 3.80. The summed E-state index contributed by atoms with van der Waals surface area (Å²) in [6.07, 6.45) is 1.97. The minimum atomic E-state index is -1.02. The van der Waals surface area contributed by atoms with Gasteiger partial charge in [-0.3, -0.25) is 0 Å². The molecule has 3 nitrogen and oxygen atoms in total. The van der Waals surface area contributed by atoms with Gasteiger partial charge in [-0.25, -0.2) is 9.37 Å². The van der Waals surface area contributed by atoms with Gasteiger partial charge in [-0.05, 0) is 11.6 Å². The molecule has 1 aromatic carbocycles. The van der Waals surface area contributed by atoms with Crippen LogP contribution in [-0.4, -0.2) is 28.4 Å². The van der Waals surface area contributed by atoms with Crippen molar-refractivity contribution in [1.82, 2.24) is 4.98 Å². The van der Waals surface area contributed by atoms with Crippen molar-refractivity contribution in [3.05, 3.63) is 52.2 Å². The van der Waals surface area contributed by atoms with Gasteiger partial charge >= 0.3 is 0 Å². The molecule has 0 atom stereocenters. The minimum absolute atomic E-state index is 0.318. The second-order valence-corrected chi connectivity index (χ2v) is 5.16. The van der Waals surface area contributed by atoms with E-state index in [0.29, 0.717) is 12.0 Å². The highest BCUT2D eigenvalue weighted by atomic mass is 32.1. The molecular formula is C13H14FNO2S. The molecule has 2 aromatic rings. The Balaban J connectivity index is 2.40. The van der Waals surface area contributed by atoms with Gasteiger partial charge in [-0.15, -0.1) is 11.3 Å². The van der Waals surface area contributed by atoms with Crippen LogP contribution in [0.3, 0.4) is 0 Å². The summed E-state index contributed by atoms with van der Waals surface area (Å²) in [6.45, 7) is -0.659. The van der Waals surface area contributed by atoms with Crippen LogP contribution >= 0.6 is 11.3 Å². The van der Waals surface area contributed by atoms with Crippen LogP contribution < -0.4 is 0 Å². The molecule has 1 heterocycles. The number of aliphatic hydroxyl groups excluding tert-OH is 2. The summed E-state index contributed by atoms with van der Waals surface area (Å²) in [5.74, 6) is -0.419. The fourth-order valence-electron chi connectivity index (χ4n) is 1.95. The highest BCUT2D eigenvalue weighted by Crippen LogP contribution is 2.30. The predicted molar refractivity (Wildman–Crippen MR) is 68.1 cm³/mol. The van der Waals surface area contributed by atoms with Gasteiger partial charge in [0.05, 0.1) is 23.6 Å². The van der Waals surface area contributed by atoms with Crippen LogP contribution in [0, 0.1) is 5.82 Å². The normalized spacial score (nSPS) is 11.7. The van der Waals surface area contributed by atoms with Crippen molar-refractivity contribution in [2.45, 2.75) is 11.8 Å². The van der Waals surface area contributed by atoms with Crippen molar-refractivity contribution in [3.8, 4) is 0 Å². The van der Waals surface area contributed by atoms with Crippen molar-refractivity contribution in [2.24, 2.45) is 0 Å². The van der Waals surface area contributed by atoms with E-state index in [1.165, 1.54) is 17.4 Å². The number of aromatic nitrogens is 1. The van der Waals surface area contributed by atoms with E-state index < -0.39 is 11.2 Å². The minimum Gasteiger partial charge on any atom is -0.395 e. The highest BCUT2D eigenvalue weighted by Gasteiger charge is 2.34. The summed E-state index contributed by atoms with van der Waals surface area (Å²) in [6, 6.07) is 6.20. The number of halogens is 1. The molecule has 5 heteroatoms. The van der Waals surface area contributed by atoms with Gasteiger partial charge in [0, 0.05) is 18.0 Å². The van der Waals surface area contributed by atoms with E-state index in [4.69, 9.17) is 0 Å². The molecule has 2 N–H and O–H groups in total. The molecule has 0 fully saturated rings. The Morgan fingerprint density at radius 1 is 1.22 bits per heavy atom. The third kappa shape index (κ3) is 2.43. The lowest BCUT2D eigenvalue weighted by Gasteiger charge is -2.29. The van der Waals surface area contributed by atoms with Gasteiger partial charge in [0.2, 0.25) is 0 Å². The summed E-state index contributed by atoms with van der Waals surface area (Å²) >= 11 is 1.43. The number of hydrogen-bond donors (Lipinski definition) is 2. The van der Waals surface area contributed by atoms with Crippen LogP contribution in [-0.2, 0) is 11.8 Å². The van der Waals surface area contributed by atoms with E-state index in [2.05, 4.69) is 4.98 Å². The van der Waals surface area contributed by atoms with Crippen molar-refractivity contribution in [3.63, 3.8) is 0 Å². The quantitative estimate of drug-likeness (QED) is 0.867. The first-order chi connectivity index (χ1) is 8.72. The number of rotatable bonds is 5. The lowest BCUT2D eigenvalue weighted by atomic mass is 9.79. The van der Waals surface area contributed by atoms with Crippen LogP contribution in [0.4, 0.5) is 4.39 Å². The predicted octanol–water partition coefficient (Wildman–Crippen LogP) is 1.75. The maximum Gasteiger partial charge on any atom is 0.127 e. The number of aliphatic hydroxyl groups is 2. The van der Waals surface area contributed by atoms with E-state index in [0.717, 1.165) is 5.01 Å². The molecule has 0 radical (unpaired) electrons. The summed E-state index contributed by atoms with van der Waals surface area (Å²) in [5, 5.41) is 21.8. The van der Waals surface area contributed by atoms with Gasteiger partial charge in [0.1, 0.15) is 5.82 Å². The lowest BCUT2D eigenvalue weighted by molar-refractivity contribution is 0.113. The van der Waals surface area contributed by atoms with Gasteiger partial charge in [0.25, 0.3) is 0 Å². The lowest BCUT2D eigenvalue weighted by Crippen LogP contribution is -2.38. The topological polar surface area (TPSA) is 53.4 Å². The van der Waals surface area contributed by atoms with Crippen molar-refractivity contribution < 1.29 is 14.6 Å². The molecule has 0 saturated carbocycles. The zero-order chi connectivity index (χ0) is 13.0. The van der Waals surface area contributed by atoms with Crippen molar-refractivity contribution in [2.75, 3.05) is 13.2 Å². The largest absolute Gasteiger partial charge is 0.395 e. The van der Waals surface area contributed by atoms with Crippen molar-refractivity contribution in [1.29, 1.82) is 0 Å². The summed E-state index contributed by atoms with van der Waals surface area (Å²) in [7, 11) is 0. The van der Waals surface area contributed by atoms with Gasteiger partial charge < -0.3 is 10.2 Å². The molecule has 0 amide bonds. The first kappa shape index (κ1) is 13.1. The molecule has 96 valence electrons. The third-order valence-electron chi connectivity index (χ3n) is 3.02. The van der Waals surface area contributed by atoms with E-state index in [9.17, 15) is 14.6 Å². The maximum atomic E-state index is 13.8. The monoisotopic (exact) mass is 267 g/mol. The molecule has 0 aliphatic carbocycles. The fraction of sp³-hybridized carbons (Fsp3) is 0.308. The Morgan fingerprint density at radius 3 is 2.50 bits per heavy atom. The summed E-state index contributed by atoms with van der Waals surface area (Å²) < 4.78 is 13.8. The molecule has 2 rings (SSSR count). The van der Waals surface area contributed by atoms with Crippen LogP contribution in [0.25, 0.3) is 0 Å². The zero-order valence-electron chi connectivity index (χ0n) is 9.71. The Bertz CT molecular complexity index is 497. The molecule has 0 aliphatic heterocycles. The molecule has 1 aromatic heterocycles. The van der Waals surface area contributed by atoms with E-state index in [1.54, 1.807) is 24.4 Å². The Kier molecular flexibility index (Phi) is 4.06. The average Bonchev–Trinajstić information content (AvgIpc) is 2.90. The summed E-state index contributed by atoms with van der Waals surface area (Å²) in [5.41, 5.74) is -0.700. The Labute approximate surface area is 109 Å². The average molecular weight is 267 g/mol. The van der Waals surface area contributed by atoms with Crippen molar-refractivity contribution >= 4 is 11.3 Å². The molecule has 0 bridgehead atoms. The smallest absolute Gasteiger partial charge is 0.127 e. The zero-order valence-corrected chi connectivity index (χ0v) is 10.5. The number of nitrogens with zero attached hydrogens (tertiary/aromatic N) is 1. The SMILES string of the molecule is OCC(CO)(Cc1nccs1)c1ccccc1F. The second kappa shape index (κ2) is 5.56. The van der Waals surface area contributed by atoms with E-state index in [1.807, 2.05) is 5.38 Å². The Morgan fingerprint density at radius 2 is 1.94 bits per heavy atom. The van der Waals surface area contributed by atoms with Crippen LogP contribution in [0.5, 0.6) is 0 Å². The molecule has 0 saturated heterocycles. The highest BCUT2D eigenvalue weighted by molar-refractivity contribution is 7.09. The van der Waals surface area contributed by atoms with Gasteiger partial charge in [-0.2, -0.15) is 0 Å². The summed E-state index contributed by atoms with van der Waals surface area (Å²) in [4.78, 5) is 4.13. The van der Waals surface area contributed by atoms with E-state index in [-0.39, 0.29) is 13.2 Å². The Hall–Kier alpha value is -1.30. The number of hydrogen-bond acceptors (Lipinski definition) is 4.